The molecule has 0 aliphatic rings. The zero-order chi connectivity index (χ0) is 17.6. The number of benzene rings is 1. The van der Waals surface area contributed by atoms with Gasteiger partial charge in [-0.3, -0.25) is 4.79 Å². The molecule has 0 fully saturated rings. The zero-order valence-corrected chi connectivity index (χ0v) is 15.5. The summed E-state index contributed by atoms with van der Waals surface area (Å²) in [5.41, 5.74) is 1.01. The van der Waals surface area contributed by atoms with Crippen LogP contribution in [0.15, 0.2) is 53.1 Å². The summed E-state index contributed by atoms with van der Waals surface area (Å²) < 4.78 is 6.51. The predicted octanol–water partition coefficient (Wildman–Crippen LogP) is 5.04. The number of hydrogen-bond acceptors (Lipinski definition) is 4. The Hall–Kier alpha value is -2.11. The number of halogens is 1. The number of carbonyl (C=O) groups is 1. The molecule has 1 aromatic carbocycles. The van der Waals surface area contributed by atoms with Crippen LogP contribution >= 0.6 is 22.9 Å². The minimum absolute atomic E-state index is 0.111. The molecule has 25 heavy (non-hydrogen) atoms. The first-order valence-electron chi connectivity index (χ1n) is 8.10. The molecule has 0 aliphatic heterocycles. The van der Waals surface area contributed by atoms with Crippen molar-refractivity contribution in [3.8, 4) is 11.3 Å². The maximum Gasteiger partial charge on any atom is 0.222 e. The molecule has 0 spiro atoms. The van der Waals surface area contributed by atoms with Crippen molar-refractivity contribution in [2.75, 3.05) is 7.05 Å². The van der Waals surface area contributed by atoms with Crippen LogP contribution in [-0.2, 0) is 17.8 Å². The van der Waals surface area contributed by atoms with Crippen LogP contribution < -0.4 is 0 Å². The molecule has 6 heteroatoms. The zero-order valence-electron chi connectivity index (χ0n) is 13.9. The van der Waals surface area contributed by atoms with Crippen LogP contribution in [0.5, 0.6) is 0 Å². The maximum absolute atomic E-state index is 12.2. The van der Waals surface area contributed by atoms with Crippen molar-refractivity contribution in [2.45, 2.75) is 25.8 Å². The molecule has 1 amide bonds. The number of oxazole rings is 1. The van der Waals surface area contributed by atoms with E-state index in [1.807, 2.05) is 49.5 Å². The first-order chi connectivity index (χ1) is 12.1. The first kappa shape index (κ1) is 17.7. The van der Waals surface area contributed by atoms with E-state index in [0.29, 0.717) is 31.7 Å². The number of thiophene rings is 1. The monoisotopic (exact) mass is 374 g/mol. The SMILES string of the molecule is CN(Cc1ccc(Cl)s1)C(=O)CCCc1ncc(-c2ccccc2)o1. The number of amides is 1. The lowest BCUT2D eigenvalue weighted by Gasteiger charge is -2.15. The van der Waals surface area contributed by atoms with Gasteiger partial charge in [0.2, 0.25) is 5.91 Å². The number of carbonyl (C=O) groups excluding carboxylic acids is 1. The quantitative estimate of drug-likeness (QED) is 0.582. The Labute approximate surface area is 156 Å². The van der Waals surface area contributed by atoms with E-state index in [1.54, 1.807) is 11.1 Å². The lowest BCUT2D eigenvalue weighted by Crippen LogP contribution is -2.25. The van der Waals surface area contributed by atoms with Gasteiger partial charge in [0.25, 0.3) is 0 Å². The summed E-state index contributed by atoms with van der Waals surface area (Å²) in [6.45, 7) is 0.591. The fourth-order valence-electron chi connectivity index (χ4n) is 2.50. The van der Waals surface area contributed by atoms with Gasteiger partial charge in [-0.15, -0.1) is 11.3 Å². The van der Waals surface area contributed by atoms with Crippen molar-refractivity contribution in [1.29, 1.82) is 0 Å². The molecule has 0 radical (unpaired) electrons. The summed E-state index contributed by atoms with van der Waals surface area (Å²) in [6.07, 6.45) is 3.57. The fourth-order valence-corrected chi connectivity index (χ4v) is 3.64. The Bertz CT molecular complexity index is 829. The second-order valence-corrected chi connectivity index (χ2v) is 7.59. The number of hydrogen-bond donors (Lipinski definition) is 0. The Kier molecular flexibility index (Phi) is 5.89. The second-order valence-electron chi connectivity index (χ2n) is 5.79. The van der Waals surface area contributed by atoms with Crippen molar-refractivity contribution < 1.29 is 9.21 Å². The third-order valence-electron chi connectivity index (χ3n) is 3.84. The molecule has 3 rings (SSSR count). The van der Waals surface area contributed by atoms with Crippen molar-refractivity contribution >= 4 is 28.8 Å². The lowest BCUT2D eigenvalue weighted by molar-refractivity contribution is -0.130. The van der Waals surface area contributed by atoms with E-state index in [4.69, 9.17) is 16.0 Å². The van der Waals surface area contributed by atoms with Gasteiger partial charge in [0, 0.05) is 30.3 Å². The van der Waals surface area contributed by atoms with E-state index in [9.17, 15) is 4.79 Å². The minimum atomic E-state index is 0.111. The standard InChI is InChI=1S/C19H19ClN2O2S/c1-22(13-15-10-11-17(20)25-15)19(23)9-5-8-18-21-12-16(24-18)14-6-3-2-4-7-14/h2-4,6-7,10-12H,5,8-9,13H2,1H3. The second kappa shape index (κ2) is 8.32. The topological polar surface area (TPSA) is 46.3 Å². The van der Waals surface area contributed by atoms with Gasteiger partial charge in [-0.1, -0.05) is 41.9 Å². The van der Waals surface area contributed by atoms with Gasteiger partial charge < -0.3 is 9.32 Å². The molecule has 0 unspecified atom stereocenters. The van der Waals surface area contributed by atoms with Crippen molar-refractivity contribution in [2.24, 2.45) is 0 Å². The third kappa shape index (κ3) is 4.94. The molecule has 0 atom stereocenters. The molecule has 3 aromatic rings. The van der Waals surface area contributed by atoms with E-state index >= 15 is 0 Å². The Morgan fingerprint density at radius 2 is 2.04 bits per heavy atom. The number of nitrogens with zero attached hydrogens (tertiary/aromatic N) is 2. The molecule has 2 aromatic heterocycles. The van der Waals surface area contributed by atoms with Crippen molar-refractivity contribution in [3.05, 3.63) is 63.8 Å². The highest BCUT2D eigenvalue weighted by molar-refractivity contribution is 7.16. The van der Waals surface area contributed by atoms with Gasteiger partial charge in [0.15, 0.2) is 11.7 Å². The molecule has 0 saturated carbocycles. The molecule has 0 N–H and O–H groups in total. The molecule has 0 aliphatic carbocycles. The summed E-state index contributed by atoms with van der Waals surface area (Å²) in [5.74, 6) is 1.53. The van der Waals surface area contributed by atoms with Gasteiger partial charge in [-0.25, -0.2) is 4.98 Å². The van der Waals surface area contributed by atoms with E-state index in [0.717, 1.165) is 20.5 Å². The summed E-state index contributed by atoms with van der Waals surface area (Å²) in [5, 5.41) is 0. The summed E-state index contributed by atoms with van der Waals surface area (Å²) >= 11 is 7.42. The first-order valence-corrected chi connectivity index (χ1v) is 9.29. The Balaban J connectivity index is 1.46. The van der Waals surface area contributed by atoms with Crippen LogP contribution in [-0.4, -0.2) is 22.8 Å². The van der Waals surface area contributed by atoms with Crippen LogP contribution in [0, 0.1) is 0 Å². The van der Waals surface area contributed by atoms with E-state index in [1.165, 1.54) is 11.3 Å². The highest BCUT2D eigenvalue weighted by atomic mass is 35.5. The fraction of sp³-hybridized carbons (Fsp3) is 0.263. The molecule has 2 heterocycles. The van der Waals surface area contributed by atoms with Crippen LogP contribution in [0.25, 0.3) is 11.3 Å². The van der Waals surface area contributed by atoms with Crippen LogP contribution in [0.1, 0.15) is 23.6 Å². The summed E-state index contributed by atoms with van der Waals surface area (Å²) in [4.78, 5) is 19.3. The maximum atomic E-state index is 12.2. The number of aryl methyl sites for hydroxylation is 1. The van der Waals surface area contributed by atoms with E-state index in [-0.39, 0.29) is 5.91 Å². The highest BCUT2D eigenvalue weighted by Gasteiger charge is 2.12. The molecule has 0 bridgehead atoms. The lowest BCUT2D eigenvalue weighted by atomic mass is 10.2. The summed E-state index contributed by atoms with van der Waals surface area (Å²) in [7, 11) is 1.81. The summed E-state index contributed by atoms with van der Waals surface area (Å²) in [6, 6.07) is 13.7. The molecule has 4 nitrogen and oxygen atoms in total. The predicted molar refractivity (Wildman–Crippen MR) is 101 cm³/mol. The third-order valence-corrected chi connectivity index (χ3v) is 5.06. The smallest absolute Gasteiger partial charge is 0.222 e. The normalized spacial score (nSPS) is 10.8. The molecular weight excluding hydrogens is 356 g/mol. The average molecular weight is 375 g/mol. The Morgan fingerprint density at radius 3 is 2.76 bits per heavy atom. The van der Waals surface area contributed by atoms with Crippen molar-refractivity contribution in [1.82, 2.24) is 9.88 Å². The Morgan fingerprint density at radius 1 is 1.24 bits per heavy atom. The van der Waals surface area contributed by atoms with Gasteiger partial charge in [-0.05, 0) is 18.6 Å². The average Bonchev–Trinajstić information content (AvgIpc) is 3.25. The van der Waals surface area contributed by atoms with E-state index in [2.05, 4.69) is 4.98 Å². The molecular formula is C19H19ClN2O2S. The van der Waals surface area contributed by atoms with Gasteiger partial charge in [0.1, 0.15) is 0 Å². The van der Waals surface area contributed by atoms with E-state index < -0.39 is 0 Å². The largest absolute Gasteiger partial charge is 0.441 e. The van der Waals surface area contributed by atoms with Crippen LogP contribution in [0.2, 0.25) is 4.34 Å². The number of rotatable bonds is 7. The highest BCUT2D eigenvalue weighted by Crippen LogP contribution is 2.23. The van der Waals surface area contributed by atoms with Crippen LogP contribution in [0.4, 0.5) is 0 Å². The minimum Gasteiger partial charge on any atom is -0.441 e. The van der Waals surface area contributed by atoms with Gasteiger partial charge in [0.05, 0.1) is 17.1 Å². The van der Waals surface area contributed by atoms with Gasteiger partial charge in [-0.2, -0.15) is 0 Å². The molecule has 130 valence electrons. The van der Waals surface area contributed by atoms with Crippen molar-refractivity contribution in [3.63, 3.8) is 0 Å². The number of aromatic nitrogens is 1. The van der Waals surface area contributed by atoms with Crippen LogP contribution in [0.3, 0.4) is 0 Å². The van der Waals surface area contributed by atoms with Gasteiger partial charge >= 0.3 is 0 Å². The molecule has 0 saturated heterocycles.